The van der Waals surface area contributed by atoms with E-state index in [4.69, 9.17) is 4.42 Å². The smallest absolute Gasteiger partial charge is 0.292 e. The number of anilines is 1. The van der Waals surface area contributed by atoms with Gasteiger partial charge >= 0.3 is 0 Å². The molecule has 0 atom stereocenters. The average Bonchev–Trinajstić information content (AvgIpc) is 2.77. The molecule has 0 aliphatic heterocycles. The number of carbonyl (C=O) groups is 1. The van der Waals surface area contributed by atoms with Crippen LogP contribution in [-0.2, 0) is 6.42 Å². The zero-order chi connectivity index (χ0) is 12.3. The third-order valence-electron chi connectivity index (χ3n) is 2.20. The number of nitrogens with zero attached hydrogens (tertiary/aromatic N) is 1. The van der Waals surface area contributed by atoms with E-state index in [2.05, 4.69) is 26.2 Å². The van der Waals surface area contributed by atoms with Gasteiger partial charge in [-0.25, -0.2) is 4.98 Å². The molecular weight excluding hydrogens is 284 g/mol. The Bertz CT molecular complexity index is 537. The molecule has 4 nitrogen and oxygen atoms in total. The fraction of sp³-hybridized carbons (Fsp3) is 0.167. The molecule has 17 heavy (non-hydrogen) atoms. The second kappa shape index (κ2) is 5.14. The van der Waals surface area contributed by atoms with E-state index < -0.39 is 0 Å². The second-order valence-electron chi connectivity index (χ2n) is 3.43. The largest absolute Gasteiger partial charge is 0.456 e. The molecule has 1 N–H and O–H groups in total. The lowest BCUT2D eigenvalue weighted by atomic mass is 10.3. The molecule has 0 spiro atoms. The Balaban J connectivity index is 2.11. The van der Waals surface area contributed by atoms with E-state index in [1.54, 1.807) is 30.5 Å². The van der Waals surface area contributed by atoms with E-state index in [1.165, 1.54) is 0 Å². The predicted octanol–water partition coefficient (Wildman–Crippen LogP) is 3.25. The number of rotatable bonds is 3. The first-order valence-electron chi connectivity index (χ1n) is 5.20. The van der Waals surface area contributed by atoms with Crippen LogP contribution < -0.4 is 5.32 Å². The molecule has 2 heterocycles. The lowest BCUT2D eigenvalue weighted by Gasteiger charge is -2.02. The van der Waals surface area contributed by atoms with Gasteiger partial charge in [0.15, 0.2) is 5.76 Å². The van der Waals surface area contributed by atoms with Crippen LogP contribution in [0.25, 0.3) is 0 Å². The van der Waals surface area contributed by atoms with Gasteiger partial charge in [0.05, 0.1) is 0 Å². The first-order valence-corrected chi connectivity index (χ1v) is 6.00. The third-order valence-corrected chi connectivity index (χ3v) is 2.69. The van der Waals surface area contributed by atoms with Crippen LogP contribution in [0.5, 0.6) is 0 Å². The van der Waals surface area contributed by atoms with E-state index in [9.17, 15) is 4.79 Å². The number of amides is 1. The van der Waals surface area contributed by atoms with Crippen LogP contribution in [0.15, 0.2) is 39.4 Å². The molecule has 5 heteroatoms. The van der Waals surface area contributed by atoms with Crippen LogP contribution in [0, 0.1) is 0 Å². The quantitative estimate of drug-likeness (QED) is 0.945. The Morgan fingerprint density at radius 2 is 2.29 bits per heavy atom. The second-order valence-corrected chi connectivity index (χ2v) is 4.35. The van der Waals surface area contributed by atoms with Crippen molar-refractivity contribution in [2.75, 3.05) is 5.32 Å². The van der Waals surface area contributed by atoms with Gasteiger partial charge in [-0.05, 0) is 24.3 Å². The minimum Gasteiger partial charge on any atom is -0.456 e. The van der Waals surface area contributed by atoms with Gasteiger partial charge in [0.25, 0.3) is 5.91 Å². The van der Waals surface area contributed by atoms with Crippen LogP contribution in [0.2, 0.25) is 0 Å². The summed E-state index contributed by atoms with van der Waals surface area (Å²) in [6, 6.07) is 6.97. The van der Waals surface area contributed by atoms with Crippen molar-refractivity contribution in [3.05, 3.63) is 46.5 Å². The first kappa shape index (κ1) is 11.9. The van der Waals surface area contributed by atoms with Gasteiger partial charge in [0, 0.05) is 17.1 Å². The van der Waals surface area contributed by atoms with Crippen LogP contribution in [-0.4, -0.2) is 10.9 Å². The zero-order valence-electron chi connectivity index (χ0n) is 9.24. The van der Waals surface area contributed by atoms with E-state index in [1.807, 2.05) is 6.92 Å². The van der Waals surface area contributed by atoms with Gasteiger partial charge < -0.3 is 9.73 Å². The summed E-state index contributed by atoms with van der Waals surface area (Å²) < 4.78 is 6.20. The predicted molar refractivity (Wildman–Crippen MR) is 68.0 cm³/mol. The average molecular weight is 295 g/mol. The molecule has 0 fully saturated rings. The number of furan rings is 1. The molecule has 0 aliphatic rings. The molecule has 88 valence electrons. The van der Waals surface area contributed by atoms with Crippen molar-refractivity contribution >= 4 is 27.7 Å². The third kappa shape index (κ3) is 2.94. The van der Waals surface area contributed by atoms with Crippen molar-refractivity contribution in [3.63, 3.8) is 0 Å². The number of aromatic nitrogens is 1. The SMILES string of the molecule is CCc1ccc(C(=O)Nc2cc(Br)ccn2)o1. The Morgan fingerprint density at radius 3 is 2.94 bits per heavy atom. The fourth-order valence-electron chi connectivity index (χ4n) is 1.34. The number of pyridine rings is 1. The molecule has 0 bridgehead atoms. The summed E-state index contributed by atoms with van der Waals surface area (Å²) >= 11 is 3.31. The number of carbonyl (C=O) groups excluding carboxylic acids is 1. The summed E-state index contributed by atoms with van der Waals surface area (Å²) in [7, 11) is 0. The normalized spacial score (nSPS) is 10.2. The molecular formula is C12H11BrN2O2. The summed E-state index contributed by atoms with van der Waals surface area (Å²) in [6.45, 7) is 1.97. The molecule has 2 aromatic heterocycles. The standard InChI is InChI=1S/C12H11BrN2O2/c1-2-9-3-4-10(17-9)12(16)15-11-7-8(13)5-6-14-11/h3-7H,2H2,1H3,(H,14,15,16). The van der Waals surface area contributed by atoms with Gasteiger partial charge in [-0.3, -0.25) is 4.79 Å². The van der Waals surface area contributed by atoms with Gasteiger partial charge in [0.2, 0.25) is 0 Å². The van der Waals surface area contributed by atoms with Gasteiger partial charge in [-0.1, -0.05) is 22.9 Å². The van der Waals surface area contributed by atoms with Crippen molar-refractivity contribution in [1.29, 1.82) is 0 Å². The number of nitrogens with one attached hydrogen (secondary N) is 1. The molecule has 0 saturated carbocycles. The number of hydrogen-bond donors (Lipinski definition) is 1. The van der Waals surface area contributed by atoms with E-state index in [0.29, 0.717) is 11.6 Å². The summed E-state index contributed by atoms with van der Waals surface area (Å²) in [5.74, 6) is 1.27. The monoisotopic (exact) mass is 294 g/mol. The van der Waals surface area contributed by atoms with Crippen molar-refractivity contribution < 1.29 is 9.21 Å². The topological polar surface area (TPSA) is 55.1 Å². The van der Waals surface area contributed by atoms with Crippen molar-refractivity contribution in [2.45, 2.75) is 13.3 Å². The van der Waals surface area contributed by atoms with E-state index >= 15 is 0 Å². The molecule has 0 aromatic carbocycles. The minimum atomic E-state index is -0.296. The minimum absolute atomic E-state index is 0.295. The Morgan fingerprint density at radius 1 is 1.47 bits per heavy atom. The molecule has 2 aromatic rings. The number of hydrogen-bond acceptors (Lipinski definition) is 3. The van der Waals surface area contributed by atoms with Crippen molar-refractivity contribution in [3.8, 4) is 0 Å². The lowest BCUT2D eigenvalue weighted by Crippen LogP contribution is -2.11. The summed E-state index contributed by atoms with van der Waals surface area (Å²) in [6.07, 6.45) is 2.38. The molecule has 0 aliphatic carbocycles. The molecule has 0 saturated heterocycles. The molecule has 2 rings (SSSR count). The maximum Gasteiger partial charge on any atom is 0.292 e. The summed E-state index contributed by atoms with van der Waals surface area (Å²) in [4.78, 5) is 15.8. The van der Waals surface area contributed by atoms with Crippen LogP contribution >= 0.6 is 15.9 Å². The van der Waals surface area contributed by atoms with Gasteiger partial charge in [0.1, 0.15) is 11.6 Å². The highest BCUT2D eigenvalue weighted by Crippen LogP contribution is 2.15. The highest BCUT2D eigenvalue weighted by molar-refractivity contribution is 9.10. The molecule has 0 radical (unpaired) electrons. The first-order chi connectivity index (χ1) is 8.19. The Labute approximate surface area is 107 Å². The summed E-state index contributed by atoms with van der Waals surface area (Å²) in [5.41, 5.74) is 0. The lowest BCUT2D eigenvalue weighted by molar-refractivity contribution is 0.0994. The van der Waals surface area contributed by atoms with Gasteiger partial charge in [-0.15, -0.1) is 0 Å². The highest BCUT2D eigenvalue weighted by Gasteiger charge is 2.11. The fourth-order valence-corrected chi connectivity index (χ4v) is 1.68. The van der Waals surface area contributed by atoms with Crippen molar-refractivity contribution in [2.24, 2.45) is 0 Å². The van der Waals surface area contributed by atoms with Crippen LogP contribution in [0.3, 0.4) is 0 Å². The number of halogens is 1. The maximum atomic E-state index is 11.8. The zero-order valence-corrected chi connectivity index (χ0v) is 10.8. The molecule has 1 amide bonds. The van der Waals surface area contributed by atoms with Gasteiger partial charge in [-0.2, -0.15) is 0 Å². The van der Waals surface area contributed by atoms with Crippen LogP contribution in [0.1, 0.15) is 23.2 Å². The summed E-state index contributed by atoms with van der Waals surface area (Å²) in [5, 5.41) is 2.66. The highest BCUT2D eigenvalue weighted by atomic mass is 79.9. The van der Waals surface area contributed by atoms with E-state index in [0.717, 1.165) is 16.7 Å². The molecule has 0 unspecified atom stereocenters. The Kier molecular flexibility index (Phi) is 3.58. The Hall–Kier alpha value is -1.62. The number of aryl methyl sites for hydroxylation is 1. The van der Waals surface area contributed by atoms with Crippen molar-refractivity contribution in [1.82, 2.24) is 4.98 Å². The van der Waals surface area contributed by atoms with E-state index in [-0.39, 0.29) is 5.91 Å². The maximum absolute atomic E-state index is 11.8. The van der Waals surface area contributed by atoms with Crippen LogP contribution in [0.4, 0.5) is 5.82 Å².